The van der Waals surface area contributed by atoms with Gasteiger partial charge in [-0.2, -0.15) is 0 Å². The highest BCUT2D eigenvalue weighted by Crippen LogP contribution is 2.25. The van der Waals surface area contributed by atoms with Crippen LogP contribution in [0.1, 0.15) is 28.7 Å². The Kier molecular flexibility index (Phi) is 6.78. The molecule has 5 nitrogen and oxygen atoms in total. The number of aryl methyl sites for hydroxylation is 3. The summed E-state index contributed by atoms with van der Waals surface area (Å²) in [5.41, 5.74) is 4.95. The molecule has 0 saturated carbocycles. The van der Waals surface area contributed by atoms with E-state index in [4.69, 9.17) is 4.74 Å². The maximum absolute atomic E-state index is 12.0. The molecule has 0 spiro atoms. The van der Waals surface area contributed by atoms with E-state index in [-0.39, 0.29) is 31.4 Å². The number of amides is 2. The molecule has 0 radical (unpaired) electrons. The first kappa shape index (κ1) is 19.5. The first-order chi connectivity index (χ1) is 12.4. The predicted octanol–water partition coefficient (Wildman–Crippen LogP) is 3.44. The standard InChI is InChI=1S/C21H26N2O3/c1-14-9-10-16(3)21(17(14)4)26-13-20(25)22-12-11-19(24)23-18-8-6-5-7-15(18)2/h5-10H,11-13H2,1-4H3,(H,22,25)(H,23,24). The van der Waals surface area contributed by atoms with Crippen LogP contribution in [-0.2, 0) is 9.59 Å². The molecule has 0 aliphatic carbocycles. The minimum Gasteiger partial charge on any atom is -0.483 e. The summed E-state index contributed by atoms with van der Waals surface area (Å²) in [4.78, 5) is 23.9. The molecule has 2 rings (SSSR count). The third kappa shape index (κ3) is 5.34. The molecule has 0 aliphatic heterocycles. The van der Waals surface area contributed by atoms with E-state index >= 15 is 0 Å². The quantitative estimate of drug-likeness (QED) is 0.800. The van der Waals surface area contributed by atoms with Crippen molar-refractivity contribution < 1.29 is 14.3 Å². The maximum atomic E-state index is 12.0. The third-order valence-electron chi connectivity index (χ3n) is 4.31. The summed E-state index contributed by atoms with van der Waals surface area (Å²) in [6.07, 6.45) is 0.211. The Balaban J connectivity index is 1.75. The van der Waals surface area contributed by atoms with E-state index < -0.39 is 0 Å². The molecule has 2 amide bonds. The van der Waals surface area contributed by atoms with Crippen LogP contribution in [0.4, 0.5) is 5.69 Å². The molecule has 5 heteroatoms. The average molecular weight is 354 g/mol. The summed E-state index contributed by atoms with van der Waals surface area (Å²) < 4.78 is 5.67. The van der Waals surface area contributed by atoms with Crippen molar-refractivity contribution in [1.29, 1.82) is 0 Å². The Morgan fingerprint density at radius 1 is 0.885 bits per heavy atom. The number of hydrogen-bond donors (Lipinski definition) is 2. The number of carbonyl (C=O) groups is 2. The lowest BCUT2D eigenvalue weighted by molar-refractivity contribution is -0.123. The minimum absolute atomic E-state index is 0.0649. The smallest absolute Gasteiger partial charge is 0.257 e. The van der Waals surface area contributed by atoms with E-state index in [0.29, 0.717) is 0 Å². The van der Waals surface area contributed by atoms with Crippen LogP contribution in [0.15, 0.2) is 36.4 Å². The van der Waals surface area contributed by atoms with Crippen molar-refractivity contribution >= 4 is 17.5 Å². The van der Waals surface area contributed by atoms with Crippen molar-refractivity contribution in [1.82, 2.24) is 5.32 Å². The molecule has 2 aromatic carbocycles. The molecule has 0 aromatic heterocycles. The van der Waals surface area contributed by atoms with Crippen LogP contribution in [0, 0.1) is 27.7 Å². The van der Waals surface area contributed by atoms with Gasteiger partial charge in [0, 0.05) is 18.7 Å². The maximum Gasteiger partial charge on any atom is 0.257 e. The molecule has 0 unspecified atom stereocenters. The van der Waals surface area contributed by atoms with Gasteiger partial charge in [0.05, 0.1) is 0 Å². The van der Waals surface area contributed by atoms with Gasteiger partial charge in [-0.1, -0.05) is 30.3 Å². The van der Waals surface area contributed by atoms with Crippen LogP contribution in [0.2, 0.25) is 0 Å². The third-order valence-corrected chi connectivity index (χ3v) is 4.31. The number of carbonyl (C=O) groups excluding carboxylic acids is 2. The number of nitrogens with one attached hydrogen (secondary N) is 2. The fourth-order valence-corrected chi connectivity index (χ4v) is 2.58. The van der Waals surface area contributed by atoms with Crippen LogP contribution in [0.3, 0.4) is 0 Å². The van der Waals surface area contributed by atoms with Gasteiger partial charge < -0.3 is 15.4 Å². The summed E-state index contributed by atoms with van der Waals surface area (Å²) in [5.74, 6) is 0.373. The second kappa shape index (κ2) is 9.04. The SMILES string of the molecule is Cc1ccccc1NC(=O)CCNC(=O)COc1c(C)ccc(C)c1C. The predicted molar refractivity (Wildman–Crippen MR) is 104 cm³/mol. The summed E-state index contributed by atoms with van der Waals surface area (Å²) in [6, 6.07) is 11.6. The Bertz CT molecular complexity index is 800. The molecule has 0 heterocycles. The normalized spacial score (nSPS) is 10.3. The van der Waals surface area contributed by atoms with E-state index in [0.717, 1.165) is 33.7 Å². The molecule has 0 atom stereocenters. The van der Waals surface area contributed by atoms with Crippen LogP contribution >= 0.6 is 0 Å². The molecule has 26 heavy (non-hydrogen) atoms. The van der Waals surface area contributed by atoms with Crippen LogP contribution in [-0.4, -0.2) is 25.0 Å². The summed E-state index contributed by atoms with van der Waals surface area (Å²) in [6.45, 7) is 8.08. The topological polar surface area (TPSA) is 67.4 Å². The van der Waals surface area contributed by atoms with E-state index in [1.165, 1.54) is 0 Å². The molecular formula is C21H26N2O3. The van der Waals surface area contributed by atoms with Gasteiger partial charge in [0.15, 0.2) is 6.61 Å². The number of hydrogen-bond acceptors (Lipinski definition) is 3. The Morgan fingerprint density at radius 3 is 2.31 bits per heavy atom. The monoisotopic (exact) mass is 354 g/mol. The van der Waals surface area contributed by atoms with Gasteiger partial charge in [-0.15, -0.1) is 0 Å². The molecule has 0 fully saturated rings. The molecule has 0 bridgehead atoms. The van der Waals surface area contributed by atoms with Gasteiger partial charge in [0.25, 0.3) is 5.91 Å². The van der Waals surface area contributed by atoms with Crippen LogP contribution in [0.25, 0.3) is 0 Å². The molecule has 0 aliphatic rings. The minimum atomic E-state index is -0.242. The van der Waals surface area contributed by atoms with E-state index in [2.05, 4.69) is 10.6 Å². The van der Waals surface area contributed by atoms with E-state index in [1.54, 1.807) is 0 Å². The van der Waals surface area contributed by atoms with Gasteiger partial charge in [-0.3, -0.25) is 9.59 Å². The first-order valence-corrected chi connectivity index (χ1v) is 8.70. The fraction of sp³-hybridized carbons (Fsp3) is 0.333. The average Bonchev–Trinajstić information content (AvgIpc) is 2.60. The molecule has 138 valence electrons. The largest absolute Gasteiger partial charge is 0.483 e. The van der Waals surface area contributed by atoms with Crippen molar-refractivity contribution in [2.24, 2.45) is 0 Å². The van der Waals surface area contributed by atoms with Crippen molar-refractivity contribution in [3.8, 4) is 5.75 Å². The van der Waals surface area contributed by atoms with Gasteiger partial charge in [0.2, 0.25) is 5.91 Å². The van der Waals surface area contributed by atoms with Crippen LogP contribution < -0.4 is 15.4 Å². The van der Waals surface area contributed by atoms with E-state index in [9.17, 15) is 9.59 Å². The van der Waals surface area contributed by atoms with Crippen molar-refractivity contribution in [2.75, 3.05) is 18.5 Å². The number of anilines is 1. The first-order valence-electron chi connectivity index (χ1n) is 8.70. The second-order valence-electron chi connectivity index (χ2n) is 6.41. The molecule has 0 saturated heterocycles. The van der Waals surface area contributed by atoms with Crippen molar-refractivity contribution in [3.05, 3.63) is 58.7 Å². The van der Waals surface area contributed by atoms with Crippen molar-refractivity contribution in [2.45, 2.75) is 34.1 Å². The zero-order chi connectivity index (χ0) is 19.1. The van der Waals surface area contributed by atoms with E-state index in [1.807, 2.05) is 64.1 Å². The number of benzene rings is 2. The number of rotatable bonds is 7. The number of para-hydroxylation sites is 1. The highest BCUT2D eigenvalue weighted by molar-refractivity contribution is 5.91. The molecular weight excluding hydrogens is 328 g/mol. The zero-order valence-electron chi connectivity index (χ0n) is 15.8. The lowest BCUT2D eigenvalue weighted by atomic mass is 10.1. The van der Waals surface area contributed by atoms with Crippen LogP contribution in [0.5, 0.6) is 5.75 Å². The van der Waals surface area contributed by atoms with Gasteiger partial charge in [-0.25, -0.2) is 0 Å². The lowest BCUT2D eigenvalue weighted by Gasteiger charge is -2.14. The Hall–Kier alpha value is -2.82. The fourth-order valence-electron chi connectivity index (χ4n) is 2.58. The zero-order valence-corrected chi connectivity index (χ0v) is 15.8. The van der Waals surface area contributed by atoms with Gasteiger partial charge in [-0.05, 0) is 56.0 Å². The molecule has 2 aromatic rings. The highest BCUT2D eigenvalue weighted by Gasteiger charge is 2.10. The van der Waals surface area contributed by atoms with Crippen molar-refractivity contribution in [3.63, 3.8) is 0 Å². The Labute approximate surface area is 154 Å². The summed E-state index contributed by atoms with van der Waals surface area (Å²) in [5, 5.41) is 5.55. The second-order valence-corrected chi connectivity index (χ2v) is 6.41. The molecule has 2 N–H and O–H groups in total. The highest BCUT2D eigenvalue weighted by atomic mass is 16.5. The summed E-state index contributed by atoms with van der Waals surface area (Å²) >= 11 is 0. The summed E-state index contributed by atoms with van der Waals surface area (Å²) in [7, 11) is 0. The van der Waals surface area contributed by atoms with Gasteiger partial charge in [0.1, 0.15) is 5.75 Å². The Morgan fingerprint density at radius 2 is 1.58 bits per heavy atom. The van der Waals surface area contributed by atoms with Gasteiger partial charge >= 0.3 is 0 Å². The number of ether oxygens (including phenoxy) is 1. The lowest BCUT2D eigenvalue weighted by Crippen LogP contribution is -2.31.